The Bertz CT molecular complexity index is 632. The summed E-state index contributed by atoms with van der Waals surface area (Å²) in [6.07, 6.45) is 0.819. The Labute approximate surface area is 148 Å². The zero-order valence-electron chi connectivity index (χ0n) is 15.5. The van der Waals surface area contributed by atoms with Crippen LogP contribution in [0.25, 0.3) is 0 Å². The molecule has 0 N–H and O–H groups in total. The summed E-state index contributed by atoms with van der Waals surface area (Å²) in [5, 5.41) is 0. The standard InChI is InChI=1S/C19H27FN2O3/c1-19(2,3)18(24)22-11-9-21(10-12-22)17(23)8-6-14-5-7-16(25-4)15(20)13-14/h5,7,13H,6,8-12H2,1-4H3. The van der Waals surface area contributed by atoms with E-state index in [0.717, 1.165) is 5.56 Å². The van der Waals surface area contributed by atoms with E-state index in [1.807, 2.05) is 25.7 Å². The van der Waals surface area contributed by atoms with Gasteiger partial charge < -0.3 is 14.5 Å². The molecule has 0 radical (unpaired) electrons. The maximum atomic E-state index is 13.7. The van der Waals surface area contributed by atoms with Crippen LogP contribution in [-0.4, -0.2) is 54.9 Å². The number of benzene rings is 1. The molecule has 1 aromatic rings. The second kappa shape index (κ2) is 7.85. The molecule has 0 unspecified atom stereocenters. The van der Waals surface area contributed by atoms with Crippen LogP contribution in [0.3, 0.4) is 0 Å². The van der Waals surface area contributed by atoms with Gasteiger partial charge in [0.25, 0.3) is 0 Å². The van der Waals surface area contributed by atoms with Crippen molar-refractivity contribution in [3.8, 4) is 5.75 Å². The van der Waals surface area contributed by atoms with Crippen molar-refractivity contribution in [2.24, 2.45) is 5.41 Å². The van der Waals surface area contributed by atoms with Crippen LogP contribution in [0.4, 0.5) is 4.39 Å². The van der Waals surface area contributed by atoms with Gasteiger partial charge >= 0.3 is 0 Å². The van der Waals surface area contributed by atoms with Gasteiger partial charge in [-0.05, 0) is 24.1 Å². The summed E-state index contributed by atoms with van der Waals surface area (Å²) in [6, 6.07) is 4.76. The molecule has 1 fully saturated rings. The lowest BCUT2D eigenvalue weighted by Gasteiger charge is -2.37. The first-order valence-electron chi connectivity index (χ1n) is 8.62. The number of rotatable bonds is 4. The lowest BCUT2D eigenvalue weighted by molar-refractivity contribution is -0.144. The van der Waals surface area contributed by atoms with Crippen molar-refractivity contribution in [1.29, 1.82) is 0 Å². The molecule has 0 saturated carbocycles. The summed E-state index contributed by atoms with van der Waals surface area (Å²) in [6.45, 7) is 7.95. The number of hydrogen-bond acceptors (Lipinski definition) is 3. The molecule has 2 amide bonds. The van der Waals surface area contributed by atoms with Crippen LogP contribution in [0, 0.1) is 11.2 Å². The number of halogens is 1. The largest absolute Gasteiger partial charge is 0.494 e. The van der Waals surface area contributed by atoms with Gasteiger partial charge in [0.15, 0.2) is 11.6 Å². The van der Waals surface area contributed by atoms with E-state index < -0.39 is 11.2 Å². The molecule has 0 aromatic heterocycles. The van der Waals surface area contributed by atoms with Crippen LogP contribution in [0.2, 0.25) is 0 Å². The highest BCUT2D eigenvalue weighted by atomic mass is 19.1. The van der Waals surface area contributed by atoms with Crippen LogP contribution >= 0.6 is 0 Å². The minimum absolute atomic E-state index is 0.0408. The third-order valence-corrected chi connectivity index (χ3v) is 4.40. The molecule has 1 saturated heterocycles. The molecule has 2 rings (SSSR count). The molecule has 5 nitrogen and oxygen atoms in total. The van der Waals surface area contributed by atoms with Crippen LogP contribution in [0.5, 0.6) is 5.75 Å². The molecular weight excluding hydrogens is 323 g/mol. The molecule has 1 heterocycles. The fourth-order valence-corrected chi connectivity index (χ4v) is 2.91. The summed E-state index contributed by atoms with van der Waals surface area (Å²) in [7, 11) is 1.42. The third-order valence-electron chi connectivity index (χ3n) is 4.40. The van der Waals surface area contributed by atoms with E-state index in [-0.39, 0.29) is 17.6 Å². The topological polar surface area (TPSA) is 49.9 Å². The van der Waals surface area contributed by atoms with Gasteiger partial charge in [-0.2, -0.15) is 0 Å². The van der Waals surface area contributed by atoms with E-state index in [1.165, 1.54) is 13.2 Å². The van der Waals surface area contributed by atoms with E-state index in [4.69, 9.17) is 4.74 Å². The van der Waals surface area contributed by atoms with Gasteiger partial charge in [0.2, 0.25) is 11.8 Å². The van der Waals surface area contributed by atoms with Crippen molar-refractivity contribution in [1.82, 2.24) is 9.80 Å². The Balaban J connectivity index is 1.83. The van der Waals surface area contributed by atoms with Crippen molar-refractivity contribution in [3.05, 3.63) is 29.6 Å². The Kier molecular flexibility index (Phi) is 6.03. The van der Waals surface area contributed by atoms with Gasteiger partial charge in [-0.15, -0.1) is 0 Å². The predicted octanol–water partition coefficient (Wildman–Crippen LogP) is 2.48. The first kappa shape index (κ1) is 19.2. The zero-order valence-corrected chi connectivity index (χ0v) is 15.5. The second-order valence-electron chi connectivity index (χ2n) is 7.39. The second-order valence-corrected chi connectivity index (χ2v) is 7.39. The molecule has 0 spiro atoms. The smallest absolute Gasteiger partial charge is 0.228 e. The number of nitrogens with zero attached hydrogens (tertiary/aromatic N) is 2. The number of ether oxygens (including phenoxy) is 1. The molecule has 0 bridgehead atoms. The summed E-state index contributed by atoms with van der Waals surface area (Å²) < 4.78 is 18.6. The normalized spacial score (nSPS) is 15.2. The molecule has 25 heavy (non-hydrogen) atoms. The number of carbonyl (C=O) groups excluding carboxylic acids is 2. The van der Waals surface area contributed by atoms with Crippen LogP contribution in [0.15, 0.2) is 18.2 Å². The highest BCUT2D eigenvalue weighted by Gasteiger charge is 2.30. The van der Waals surface area contributed by atoms with Gasteiger partial charge in [0.1, 0.15) is 0 Å². The van der Waals surface area contributed by atoms with Gasteiger partial charge in [0, 0.05) is 38.0 Å². The molecule has 138 valence electrons. The molecule has 0 atom stereocenters. The van der Waals surface area contributed by atoms with Gasteiger partial charge in [-0.3, -0.25) is 9.59 Å². The van der Waals surface area contributed by atoms with E-state index in [0.29, 0.717) is 39.0 Å². The fraction of sp³-hybridized carbons (Fsp3) is 0.579. The van der Waals surface area contributed by atoms with Crippen LogP contribution < -0.4 is 4.74 Å². The quantitative estimate of drug-likeness (QED) is 0.838. The highest BCUT2D eigenvalue weighted by Crippen LogP contribution is 2.20. The van der Waals surface area contributed by atoms with E-state index >= 15 is 0 Å². The fourth-order valence-electron chi connectivity index (χ4n) is 2.91. The van der Waals surface area contributed by atoms with Gasteiger partial charge in [-0.1, -0.05) is 26.8 Å². The maximum absolute atomic E-state index is 13.7. The first-order valence-corrected chi connectivity index (χ1v) is 8.62. The summed E-state index contributed by atoms with van der Waals surface area (Å²) in [4.78, 5) is 28.2. The number of hydrogen-bond donors (Lipinski definition) is 0. The number of amides is 2. The summed E-state index contributed by atoms with van der Waals surface area (Å²) >= 11 is 0. The Morgan fingerprint density at radius 1 is 1.12 bits per heavy atom. The zero-order chi connectivity index (χ0) is 18.6. The molecule has 6 heteroatoms. The predicted molar refractivity (Wildman–Crippen MR) is 93.9 cm³/mol. The average molecular weight is 350 g/mol. The molecule has 0 aliphatic carbocycles. The lowest BCUT2D eigenvalue weighted by Crippen LogP contribution is -2.53. The molecule has 1 aliphatic heterocycles. The molecule has 1 aliphatic rings. The molecule has 1 aromatic carbocycles. The Morgan fingerprint density at radius 3 is 2.24 bits per heavy atom. The minimum atomic E-state index is -0.415. The van der Waals surface area contributed by atoms with Gasteiger partial charge in [-0.25, -0.2) is 4.39 Å². The maximum Gasteiger partial charge on any atom is 0.228 e. The average Bonchev–Trinajstić information content (AvgIpc) is 2.58. The number of aryl methyl sites for hydroxylation is 1. The van der Waals surface area contributed by atoms with E-state index in [9.17, 15) is 14.0 Å². The summed E-state index contributed by atoms with van der Waals surface area (Å²) in [5.74, 6) is -0.0520. The van der Waals surface area contributed by atoms with Gasteiger partial charge in [0.05, 0.1) is 7.11 Å². The first-order chi connectivity index (χ1) is 11.7. The van der Waals surface area contributed by atoms with Crippen molar-refractivity contribution < 1.29 is 18.7 Å². The number of carbonyl (C=O) groups is 2. The van der Waals surface area contributed by atoms with Crippen molar-refractivity contribution in [2.75, 3.05) is 33.3 Å². The van der Waals surface area contributed by atoms with Crippen molar-refractivity contribution in [2.45, 2.75) is 33.6 Å². The third kappa shape index (κ3) is 4.94. The highest BCUT2D eigenvalue weighted by molar-refractivity contribution is 5.82. The molecular formula is C19H27FN2O3. The lowest BCUT2D eigenvalue weighted by atomic mass is 9.94. The minimum Gasteiger partial charge on any atom is -0.494 e. The Hall–Kier alpha value is -2.11. The number of methoxy groups -OCH3 is 1. The van der Waals surface area contributed by atoms with Crippen molar-refractivity contribution >= 4 is 11.8 Å². The monoisotopic (exact) mass is 350 g/mol. The SMILES string of the molecule is COc1ccc(CCC(=O)N2CCN(C(=O)C(C)(C)C)CC2)cc1F. The van der Waals surface area contributed by atoms with E-state index in [1.54, 1.807) is 17.0 Å². The van der Waals surface area contributed by atoms with E-state index in [2.05, 4.69) is 0 Å². The van der Waals surface area contributed by atoms with Crippen molar-refractivity contribution in [3.63, 3.8) is 0 Å². The summed E-state index contributed by atoms with van der Waals surface area (Å²) in [5.41, 5.74) is 0.373. The number of piperazine rings is 1. The van der Waals surface area contributed by atoms with Crippen LogP contribution in [-0.2, 0) is 16.0 Å². The Morgan fingerprint density at radius 2 is 1.72 bits per heavy atom. The van der Waals surface area contributed by atoms with Crippen LogP contribution in [0.1, 0.15) is 32.8 Å².